The van der Waals surface area contributed by atoms with Crippen molar-refractivity contribution in [2.24, 2.45) is 5.92 Å². The van der Waals surface area contributed by atoms with Gasteiger partial charge >= 0.3 is 0 Å². The summed E-state index contributed by atoms with van der Waals surface area (Å²) in [5.74, 6) is 0.907. The Labute approximate surface area is 104 Å². The summed E-state index contributed by atoms with van der Waals surface area (Å²) < 4.78 is 0. The Morgan fingerprint density at radius 1 is 1.18 bits per heavy atom. The van der Waals surface area contributed by atoms with E-state index in [1.807, 2.05) is 12.1 Å². The van der Waals surface area contributed by atoms with Gasteiger partial charge in [-0.3, -0.25) is 0 Å². The quantitative estimate of drug-likeness (QED) is 0.820. The van der Waals surface area contributed by atoms with E-state index in [9.17, 15) is 5.11 Å². The second kappa shape index (κ2) is 5.09. The number of phenols is 1. The maximum Gasteiger partial charge on any atom is 0.120 e. The van der Waals surface area contributed by atoms with E-state index in [0.29, 0.717) is 11.7 Å². The molecule has 1 unspecified atom stereocenters. The number of hydrogen-bond donors (Lipinski definition) is 2. The molecule has 0 spiro atoms. The third-order valence-electron chi connectivity index (χ3n) is 4.06. The molecule has 1 aromatic carbocycles. The van der Waals surface area contributed by atoms with E-state index in [-0.39, 0.29) is 5.54 Å². The van der Waals surface area contributed by atoms with Crippen LogP contribution in [0.3, 0.4) is 0 Å². The van der Waals surface area contributed by atoms with Crippen LogP contribution in [0.2, 0.25) is 0 Å². The molecule has 2 nitrogen and oxygen atoms in total. The number of hydrogen-bond acceptors (Lipinski definition) is 2. The summed E-state index contributed by atoms with van der Waals surface area (Å²) in [6, 6.07) is 7.77. The highest BCUT2D eigenvalue weighted by molar-refractivity contribution is 5.38. The van der Waals surface area contributed by atoms with Gasteiger partial charge in [0, 0.05) is 11.1 Å². The van der Waals surface area contributed by atoms with Gasteiger partial charge in [0.15, 0.2) is 0 Å². The van der Waals surface area contributed by atoms with Crippen molar-refractivity contribution in [1.29, 1.82) is 0 Å². The minimum absolute atomic E-state index is 0.0537. The average molecular weight is 233 g/mol. The predicted octanol–water partition coefficient (Wildman–Crippen LogP) is 3.41. The molecule has 0 saturated carbocycles. The van der Waals surface area contributed by atoms with E-state index in [1.54, 1.807) is 6.07 Å². The summed E-state index contributed by atoms with van der Waals surface area (Å²) in [6.45, 7) is 5.53. The molecule has 1 atom stereocenters. The first-order valence-electron chi connectivity index (χ1n) is 6.70. The van der Waals surface area contributed by atoms with Crippen molar-refractivity contribution in [3.05, 3.63) is 29.8 Å². The Hall–Kier alpha value is -1.02. The topological polar surface area (TPSA) is 32.3 Å². The average Bonchev–Trinajstić information content (AvgIpc) is 2.56. The lowest BCUT2D eigenvalue weighted by atomic mass is 9.76. The molecule has 94 valence electrons. The fourth-order valence-electron chi connectivity index (χ4n) is 2.99. The molecule has 1 aliphatic rings. The monoisotopic (exact) mass is 233 g/mol. The van der Waals surface area contributed by atoms with Crippen molar-refractivity contribution in [1.82, 2.24) is 5.32 Å². The molecular formula is C15H23NO. The van der Waals surface area contributed by atoms with Gasteiger partial charge in [-0.25, -0.2) is 0 Å². The van der Waals surface area contributed by atoms with Crippen LogP contribution in [-0.4, -0.2) is 11.7 Å². The van der Waals surface area contributed by atoms with Crippen LogP contribution in [0.15, 0.2) is 24.3 Å². The zero-order valence-electron chi connectivity index (χ0n) is 10.9. The largest absolute Gasteiger partial charge is 0.508 e. The predicted molar refractivity (Wildman–Crippen MR) is 71.1 cm³/mol. The molecule has 2 rings (SSSR count). The maximum absolute atomic E-state index is 10.1. The number of nitrogens with one attached hydrogen (secondary N) is 1. The minimum Gasteiger partial charge on any atom is -0.508 e. The molecule has 0 amide bonds. The molecule has 17 heavy (non-hydrogen) atoms. The van der Waals surface area contributed by atoms with Crippen LogP contribution in [0.4, 0.5) is 0 Å². The van der Waals surface area contributed by atoms with Crippen LogP contribution in [-0.2, 0) is 5.54 Å². The van der Waals surface area contributed by atoms with Crippen molar-refractivity contribution in [2.75, 3.05) is 6.54 Å². The van der Waals surface area contributed by atoms with Crippen LogP contribution in [0.25, 0.3) is 0 Å². The van der Waals surface area contributed by atoms with Gasteiger partial charge < -0.3 is 10.4 Å². The van der Waals surface area contributed by atoms with E-state index in [4.69, 9.17) is 0 Å². The summed E-state index contributed by atoms with van der Waals surface area (Å²) in [6.07, 6.45) is 4.87. The van der Waals surface area contributed by atoms with Gasteiger partial charge in [0.25, 0.3) is 0 Å². The molecule has 1 fully saturated rings. The molecule has 1 aliphatic heterocycles. The van der Waals surface area contributed by atoms with Crippen molar-refractivity contribution < 1.29 is 5.11 Å². The van der Waals surface area contributed by atoms with Gasteiger partial charge in [0.1, 0.15) is 5.75 Å². The number of aromatic hydroxyl groups is 1. The Balaban J connectivity index is 2.43. The Morgan fingerprint density at radius 2 is 1.94 bits per heavy atom. The highest BCUT2D eigenvalue weighted by Gasteiger charge is 2.37. The van der Waals surface area contributed by atoms with Crippen LogP contribution in [0.1, 0.15) is 45.1 Å². The molecule has 0 aromatic heterocycles. The number of para-hydroxylation sites is 1. The molecule has 2 N–H and O–H groups in total. The Bertz CT molecular complexity index is 365. The SMILES string of the molecule is CC(C)C1(c2ccccc2O)CCCCCN1. The molecule has 2 heteroatoms. The Kier molecular flexibility index (Phi) is 3.72. The molecule has 0 bridgehead atoms. The molecular weight excluding hydrogens is 210 g/mol. The van der Waals surface area contributed by atoms with Crippen molar-refractivity contribution in [3.8, 4) is 5.75 Å². The second-order valence-electron chi connectivity index (χ2n) is 5.38. The highest BCUT2D eigenvalue weighted by atomic mass is 16.3. The standard InChI is InChI=1S/C15H23NO/c1-12(2)15(10-6-3-7-11-16-15)13-8-4-5-9-14(13)17/h4-5,8-9,12,16-17H,3,6-7,10-11H2,1-2H3. The number of phenolic OH excluding ortho intramolecular Hbond substituents is 1. The molecule has 0 radical (unpaired) electrons. The van der Waals surface area contributed by atoms with Gasteiger partial charge in [-0.1, -0.05) is 44.9 Å². The summed E-state index contributed by atoms with van der Waals surface area (Å²) in [5.41, 5.74) is 1.01. The first kappa shape index (κ1) is 12.4. The van der Waals surface area contributed by atoms with Crippen LogP contribution in [0.5, 0.6) is 5.75 Å². The van der Waals surface area contributed by atoms with Gasteiger partial charge in [0.2, 0.25) is 0 Å². The summed E-state index contributed by atoms with van der Waals surface area (Å²) in [7, 11) is 0. The number of benzene rings is 1. The van der Waals surface area contributed by atoms with Crippen LogP contribution in [0, 0.1) is 5.92 Å². The maximum atomic E-state index is 10.1. The van der Waals surface area contributed by atoms with E-state index in [0.717, 1.165) is 18.5 Å². The Morgan fingerprint density at radius 3 is 2.65 bits per heavy atom. The van der Waals surface area contributed by atoms with Crippen molar-refractivity contribution in [2.45, 2.75) is 45.1 Å². The molecule has 1 saturated heterocycles. The lowest BCUT2D eigenvalue weighted by Gasteiger charge is -2.39. The second-order valence-corrected chi connectivity index (χ2v) is 5.38. The minimum atomic E-state index is -0.0537. The van der Waals surface area contributed by atoms with Gasteiger partial charge in [-0.15, -0.1) is 0 Å². The first-order valence-corrected chi connectivity index (χ1v) is 6.70. The molecule has 1 aromatic rings. The normalized spacial score (nSPS) is 25.8. The van der Waals surface area contributed by atoms with Crippen molar-refractivity contribution >= 4 is 0 Å². The molecule has 1 heterocycles. The summed E-state index contributed by atoms with van der Waals surface area (Å²) in [5, 5.41) is 13.8. The van der Waals surface area contributed by atoms with Crippen molar-refractivity contribution in [3.63, 3.8) is 0 Å². The van der Waals surface area contributed by atoms with E-state index in [2.05, 4.69) is 25.2 Å². The van der Waals surface area contributed by atoms with Crippen LogP contribution >= 0.6 is 0 Å². The lowest BCUT2D eigenvalue weighted by molar-refractivity contribution is 0.224. The third kappa shape index (κ3) is 2.32. The summed E-state index contributed by atoms with van der Waals surface area (Å²) >= 11 is 0. The van der Waals surface area contributed by atoms with Gasteiger partial charge in [0.05, 0.1) is 0 Å². The molecule has 0 aliphatic carbocycles. The first-order chi connectivity index (χ1) is 8.17. The van der Waals surface area contributed by atoms with Crippen LogP contribution < -0.4 is 5.32 Å². The zero-order chi connectivity index (χ0) is 12.3. The lowest BCUT2D eigenvalue weighted by Crippen LogP contribution is -2.46. The smallest absolute Gasteiger partial charge is 0.120 e. The zero-order valence-corrected chi connectivity index (χ0v) is 10.9. The summed E-state index contributed by atoms with van der Waals surface area (Å²) in [4.78, 5) is 0. The van der Waals surface area contributed by atoms with E-state index in [1.165, 1.54) is 19.3 Å². The number of rotatable bonds is 2. The fourth-order valence-corrected chi connectivity index (χ4v) is 2.99. The third-order valence-corrected chi connectivity index (χ3v) is 4.06. The van der Waals surface area contributed by atoms with Gasteiger partial charge in [-0.05, 0) is 31.4 Å². The van der Waals surface area contributed by atoms with E-state index >= 15 is 0 Å². The van der Waals surface area contributed by atoms with Gasteiger partial charge in [-0.2, -0.15) is 0 Å². The van der Waals surface area contributed by atoms with E-state index < -0.39 is 0 Å². The fraction of sp³-hybridized carbons (Fsp3) is 0.600. The highest BCUT2D eigenvalue weighted by Crippen LogP contribution is 2.40.